The minimum Gasteiger partial charge on any atom is -0.396 e. The molecule has 15 heavy (non-hydrogen) atoms. The normalized spacial score (nSPS) is 32.2. The summed E-state index contributed by atoms with van der Waals surface area (Å²) in [6, 6.07) is 0. The molecule has 1 N–H and O–H groups in total. The van der Waals surface area contributed by atoms with Gasteiger partial charge in [0.2, 0.25) is 0 Å². The maximum absolute atomic E-state index is 9.62. The molecule has 0 bridgehead atoms. The summed E-state index contributed by atoms with van der Waals surface area (Å²) >= 11 is 0. The van der Waals surface area contributed by atoms with Crippen molar-refractivity contribution >= 4 is 0 Å². The maximum Gasteiger partial charge on any atom is 0.0499 e. The van der Waals surface area contributed by atoms with Crippen LogP contribution >= 0.6 is 0 Å². The van der Waals surface area contributed by atoms with Gasteiger partial charge in [0, 0.05) is 18.6 Å². The van der Waals surface area contributed by atoms with E-state index >= 15 is 0 Å². The van der Waals surface area contributed by atoms with Crippen LogP contribution in [0.2, 0.25) is 0 Å². The van der Waals surface area contributed by atoms with Crippen LogP contribution in [0.15, 0.2) is 0 Å². The SMILES string of the molecule is CCCN(C)CC1(CO)CCC(C)CC1. The number of nitrogens with zero attached hydrogens (tertiary/aromatic N) is 1. The van der Waals surface area contributed by atoms with Crippen LogP contribution in [0.1, 0.15) is 46.0 Å². The van der Waals surface area contributed by atoms with Crippen LogP contribution < -0.4 is 0 Å². The molecule has 0 heterocycles. The smallest absolute Gasteiger partial charge is 0.0499 e. The van der Waals surface area contributed by atoms with Crippen molar-refractivity contribution in [3.05, 3.63) is 0 Å². The van der Waals surface area contributed by atoms with Crippen molar-refractivity contribution in [1.29, 1.82) is 0 Å². The predicted molar refractivity (Wildman–Crippen MR) is 64.9 cm³/mol. The Kier molecular flexibility index (Phi) is 5.07. The molecule has 0 spiro atoms. The lowest BCUT2D eigenvalue weighted by molar-refractivity contribution is 0.0366. The molecule has 0 atom stereocenters. The third-order valence-electron chi connectivity index (χ3n) is 3.88. The lowest BCUT2D eigenvalue weighted by Gasteiger charge is -2.40. The van der Waals surface area contributed by atoms with Crippen LogP contribution in [0.25, 0.3) is 0 Å². The zero-order valence-corrected chi connectivity index (χ0v) is 10.6. The molecule has 0 saturated heterocycles. The van der Waals surface area contributed by atoms with Crippen LogP contribution in [0, 0.1) is 11.3 Å². The van der Waals surface area contributed by atoms with Crippen LogP contribution in [0.5, 0.6) is 0 Å². The quantitative estimate of drug-likeness (QED) is 0.758. The summed E-state index contributed by atoms with van der Waals surface area (Å²) in [5.74, 6) is 0.862. The molecule has 0 unspecified atom stereocenters. The van der Waals surface area contributed by atoms with E-state index in [4.69, 9.17) is 0 Å². The van der Waals surface area contributed by atoms with Gasteiger partial charge in [0.05, 0.1) is 0 Å². The number of aliphatic hydroxyl groups excluding tert-OH is 1. The second-order valence-electron chi connectivity index (χ2n) is 5.58. The van der Waals surface area contributed by atoms with Gasteiger partial charge in [-0.3, -0.25) is 0 Å². The van der Waals surface area contributed by atoms with Crippen LogP contribution in [-0.2, 0) is 0 Å². The van der Waals surface area contributed by atoms with E-state index in [2.05, 4.69) is 25.8 Å². The van der Waals surface area contributed by atoms with E-state index in [-0.39, 0.29) is 5.41 Å². The standard InChI is InChI=1S/C13H27NO/c1-4-9-14(3)10-13(11-15)7-5-12(2)6-8-13/h12,15H,4-11H2,1-3H3. The molecule has 1 rings (SSSR count). The average molecular weight is 213 g/mol. The molecule has 2 nitrogen and oxygen atoms in total. The highest BCUT2D eigenvalue weighted by Crippen LogP contribution is 2.38. The molecule has 0 aromatic rings. The highest BCUT2D eigenvalue weighted by atomic mass is 16.3. The zero-order chi connectivity index (χ0) is 11.3. The molecule has 0 radical (unpaired) electrons. The second kappa shape index (κ2) is 5.86. The van der Waals surface area contributed by atoms with Crippen molar-refractivity contribution in [3.8, 4) is 0 Å². The summed E-state index contributed by atoms with van der Waals surface area (Å²) in [6.07, 6.45) is 6.20. The topological polar surface area (TPSA) is 23.5 Å². The van der Waals surface area contributed by atoms with Crippen molar-refractivity contribution in [2.24, 2.45) is 11.3 Å². The largest absolute Gasteiger partial charge is 0.396 e. The van der Waals surface area contributed by atoms with Gasteiger partial charge in [-0.05, 0) is 38.8 Å². The molecule has 0 aromatic carbocycles. The Labute approximate surface area is 94.7 Å². The van der Waals surface area contributed by atoms with Gasteiger partial charge in [-0.25, -0.2) is 0 Å². The van der Waals surface area contributed by atoms with E-state index in [1.807, 2.05) is 0 Å². The van der Waals surface area contributed by atoms with Gasteiger partial charge in [0.15, 0.2) is 0 Å². The molecule has 1 saturated carbocycles. The zero-order valence-electron chi connectivity index (χ0n) is 10.6. The van der Waals surface area contributed by atoms with Crippen molar-refractivity contribution < 1.29 is 5.11 Å². The fourth-order valence-corrected chi connectivity index (χ4v) is 2.77. The van der Waals surface area contributed by atoms with Gasteiger partial charge in [0.1, 0.15) is 0 Å². The van der Waals surface area contributed by atoms with Crippen molar-refractivity contribution in [1.82, 2.24) is 4.90 Å². The molecule has 1 aliphatic carbocycles. The first-order chi connectivity index (χ1) is 7.12. The molecular weight excluding hydrogens is 186 g/mol. The Morgan fingerprint density at radius 1 is 1.33 bits per heavy atom. The average Bonchev–Trinajstić information content (AvgIpc) is 2.22. The fraction of sp³-hybridized carbons (Fsp3) is 1.00. The third-order valence-corrected chi connectivity index (χ3v) is 3.88. The van der Waals surface area contributed by atoms with Gasteiger partial charge in [-0.15, -0.1) is 0 Å². The summed E-state index contributed by atoms with van der Waals surface area (Å²) in [7, 11) is 2.18. The number of hydrogen-bond acceptors (Lipinski definition) is 2. The first kappa shape index (κ1) is 13.0. The Bertz CT molecular complexity index is 173. The molecule has 0 aromatic heterocycles. The lowest BCUT2D eigenvalue weighted by atomic mass is 9.71. The van der Waals surface area contributed by atoms with Crippen LogP contribution in [-0.4, -0.2) is 36.8 Å². The van der Waals surface area contributed by atoms with E-state index < -0.39 is 0 Å². The van der Waals surface area contributed by atoms with E-state index in [0.29, 0.717) is 6.61 Å². The molecule has 0 amide bonds. The summed E-state index contributed by atoms with van der Waals surface area (Å²) in [5, 5.41) is 9.62. The van der Waals surface area contributed by atoms with Gasteiger partial charge >= 0.3 is 0 Å². The Hall–Kier alpha value is -0.0800. The molecular formula is C13H27NO. The van der Waals surface area contributed by atoms with Gasteiger partial charge < -0.3 is 10.0 Å². The van der Waals surface area contributed by atoms with Gasteiger partial charge in [-0.1, -0.05) is 26.7 Å². The second-order valence-corrected chi connectivity index (χ2v) is 5.58. The third kappa shape index (κ3) is 3.76. The number of rotatable bonds is 5. The molecule has 2 heteroatoms. The first-order valence-electron chi connectivity index (χ1n) is 6.41. The summed E-state index contributed by atoms with van der Waals surface area (Å²) in [4.78, 5) is 2.38. The Morgan fingerprint density at radius 3 is 2.40 bits per heavy atom. The van der Waals surface area contributed by atoms with E-state index in [1.165, 1.54) is 32.1 Å². The lowest BCUT2D eigenvalue weighted by Crippen LogP contribution is -2.41. The van der Waals surface area contributed by atoms with E-state index in [0.717, 1.165) is 19.0 Å². The predicted octanol–water partition coefficient (Wildman–Crippen LogP) is 2.52. The van der Waals surface area contributed by atoms with Gasteiger partial charge in [0.25, 0.3) is 0 Å². The van der Waals surface area contributed by atoms with Crippen molar-refractivity contribution in [2.75, 3.05) is 26.7 Å². The highest BCUT2D eigenvalue weighted by Gasteiger charge is 2.34. The Balaban J connectivity index is 2.46. The highest BCUT2D eigenvalue weighted by molar-refractivity contribution is 4.86. The van der Waals surface area contributed by atoms with Crippen molar-refractivity contribution in [3.63, 3.8) is 0 Å². The van der Waals surface area contributed by atoms with Crippen LogP contribution in [0.3, 0.4) is 0 Å². The van der Waals surface area contributed by atoms with E-state index in [9.17, 15) is 5.11 Å². The molecule has 0 aliphatic heterocycles. The summed E-state index contributed by atoms with van der Waals surface area (Å²) in [6.45, 7) is 7.14. The summed E-state index contributed by atoms with van der Waals surface area (Å²) in [5.41, 5.74) is 0.205. The summed E-state index contributed by atoms with van der Waals surface area (Å²) < 4.78 is 0. The fourth-order valence-electron chi connectivity index (χ4n) is 2.77. The van der Waals surface area contributed by atoms with Crippen LogP contribution in [0.4, 0.5) is 0 Å². The number of hydrogen-bond donors (Lipinski definition) is 1. The molecule has 90 valence electrons. The first-order valence-corrected chi connectivity index (χ1v) is 6.41. The minimum atomic E-state index is 0.205. The van der Waals surface area contributed by atoms with Gasteiger partial charge in [-0.2, -0.15) is 0 Å². The van der Waals surface area contributed by atoms with E-state index in [1.54, 1.807) is 0 Å². The monoisotopic (exact) mass is 213 g/mol. The van der Waals surface area contributed by atoms with Crippen molar-refractivity contribution in [2.45, 2.75) is 46.0 Å². The Morgan fingerprint density at radius 2 is 1.93 bits per heavy atom. The molecule has 1 fully saturated rings. The minimum absolute atomic E-state index is 0.205. The maximum atomic E-state index is 9.62. The molecule has 1 aliphatic rings. The number of aliphatic hydroxyl groups is 1.